The van der Waals surface area contributed by atoms with Crippen LogP contribution in [0.15, 0.2) is 66.4 Å². The third-order valence-corrected chi connectivity index (χ3v) is 6.58. The zero-order valence-corrected chi connectivity index (χ0v) is 17.8. The van der Waals surface area contributed by atoms with Gasteiger partial charge in [0.05, 0.1) is 5.41 Å². The topological polar surface area (TPSA) is 26.3 Å². The highest BCUT2D eigenvalue weighted by Gasteiger charge is 2.49. The molecule has 0 bridgehead atoms. The maximum Gasteiger partial charge on any atom is 0.318 e. The van der Waals surface area contributed by atoms with Crippen molar-refractivity contribution in [1.82, 2.24) is 0 Å². The Morgan fingerprint density at radius 2 is 1.41 bits per heavy atom. The van der Waals surface area contributed by atoms with Gasteiger partial charge in [-0.2, -0.15) is 0 Å². The van der Waals surface area contributed by atoms with Gasteiger partial charge in [-0.3, -0.25) is 4.79 Å². The number of ether oxygens (including phenoxy) is 1. The Morgan fingerprint density at radius 3 is 2.03 bits per heavy atom. The molecule has 1 spiro atoms. The normalized spacial score (nSPS) is 21.7. The molecule has 0 saturated heterocycles. The van der Waals surface area contributed by atoms with Crippen LogP contribution in [0.25, 0.3) is 6.08 Å². The van der Waals surface area contributed by atoms with Crippen LogP contribution in [-0.4, -0.2) is 5.97 Å². The van der Waals surface area contributed by atoms with Crippen LogP contribution in [-0.2, 0) is 9.53 Å². The molecule has 0 radical (unpaired) electrons. The van der Waals surface area contributed by atoms with Crippen LogP contribution < -0.4 is 0 Å². The van der Waals surface area contributed by atoms with E-state index in [9.17, 15) is 4.79 Å². The summed E-state index contributed by atoms with van der Waals surface area (Å²) in [5, 5.41) is 1.40. The van der Waals surface area contributed by atoms with E-state index in [4.69, 9.17) is 27.9 Å². The van der Waals surface area contributed by atoms with Crippen LogP contribution in [0, 0.1) is 5.41 Å². The number of cyclic esters (lactones) is 1. The van der Waals surface area contributed by atoms with E-state index in [1.54, 1.807) is 0 Å². The monoisotopic (exact) mass is 426 g/mol. The first-order chi connectivity index (χ1) is 14.1. The largest absolute Gasteiger partial charge is 0.426 e. The fourth-order valence-corrected chi connectivity index (χ4v) is 4.75. The predicted molar refractivity (Wildman–Crippen MR) is 119 cm³/mol. The van der Waals surface area contributed by atoms with Crippen LogP contribution in [0.1, 0.15) is 55.6 Å². The Bertz CT molecular complexity index is 918. The standard InChI is InChI=1S/C25H24Cl2O2/c26-20-10-5-18(6-11-20)7-14-22-17-23(19-8-12-21(27)13-9-19)25(24(28)29-22)15-3-1-2-4-16-25/h5-14,17,23H,1-4,15-16H2/b14-7+. The number of hydrogen-bond acceptors (Lipinski definition) is 2. The van der Waals surface area contributed by atoms with Crippen LogP contribution in [0.3, 0.4) is 0 Å². The highest BCUT2D eigenvalue weighted by molar-refractivity contribution is 6.30. The molecule has 1 unspecified atom stereocenters. The van der Waals surface area contributed by atoms with Crippen LogP contribution in [0.4, 0.5) is 0 Å². The Balaban J connectivity index is 1.71. The molecule has 0 N–H and O–H groups in total. The van der Waals surface area contributed by atoms with E-state index in [2.05, 4.69) is 6.08 Å². The SMILES string of the molecule is O=C1OC(/C=C/c2ccc(Cl)cc2)=CC(c2ccc(Cl)cc2)C12CCCCCC2. The van der Waals surface area contributed by atoms with Gasteiger partial charge < -0.3 is 4.74 Å². The Morgan fingerprint density at radius 1 is 0.828 bits per heavy atom. The van der Waals surface area contributed by atoms with Gasteiger partial charge in [0.15, 0.2) is 0 Å². The quantitative estimate of drug-likeness (QED) is 0.472. The molecule has 2 aromatic rings. The lowest BCUT2D eigenvalue weighted by Gasteiger charge is -2.40. The van der Waals surface area contributed by atoms with Crippen molar-refractivity contribution in [3.8, 4) is 0 Å². The highest BCUT2D eigenvalue weighted by atomic mass is 35.5. The van der Waals surface area contributed by atoms with Gasteiger partial charge in [0.1, 0.15) is 5.76 Å². The molecule has 0 amide bonds. The van der Waals surface area contributed by atoms with Crippen molar-refractivity contribution in [3.63, 3.8) is 0 Å². The van der Waals surface area contributed by atoms with Crippen molar-refractivity contribution in [1.29, 1.82) is 0 Å². The molecule has 4 heteroatoms. The van der Waals surface area contributed by atoms with Gasteiger partial charge in [0.25, 0.3) is 0 Å². The first kappa shape index (κ1) is 20.3. The number of benzene rings is 2. The zero-order valence-electron chi connectivity index (χ0n) is 16.2. The van der Waals surface area contributed by atoms with Gasteiger partial charge in [-0.25, -0.2) is 0 Å². The number of hydrogen-bond donors (Lipinski definition) is 0. The summed E-state index contributed by atoms with van der Waals surface area (Å²) in [5.41, 5.74) is 1.64. The third-order valence-electron chi connectivity index (χ3n) is 6.08. The van der Waals surface area contributed by atoms with Gasteiger partial charge in [-0.05, 0) is 60.4 Å². The average molecular weight is 427 g/mol. The Kier molecular flexibility index (Phi) is 6.12. The minimum atomic E-state index is -0.484. The molecule has 1 saturated carbocycles. The van der Waals surface area contributed by atoms with E-state index in [1.807, 2.05) is 60.7 Å². The van der Waals surface area contributed by atoms with E-state index in [1.165, 1.54) is 12.8 Å². The van der Waals surface area contributed by atoms with E-state index in [0.717, 1.165) is 36.8 Å². The summed E-state index contributed by atoms with van der Waals surface area (Å²) in [7, 11) is 0. The van der Waals surface area contributed by atoms with Gasteiger partial charge in [-0.1, -0.05) is 79.2 Å². The van der Waals surface area contributed by atoms with Crippen molar-refractivity contribution < 1.29 is 9.53 Å². The second-order valence-electron chi connectivity index (χ2n) is 7.94. The maximum absolute atomic E-state index is 13.3. The summed E-state index contributed by atoms with van der Waals surface area (Å²) in [4.78, 5) is 13.3. The minimum Gasteiger partial charge on any atom is -0.426 e. The lowest BCUT2D eigenvalue weighted by molar-refractivity contribution is -0.155. The van der Waals surface area contributed by atoms with Crippen molar-refractivity contribution in [2.75, 3.05) is 0 Å². The number of carbonyl (C=O) groups is 1. The van der Waals surface area contributed by atoms with Crippen molar-refractivity contribution in [2.45, 2.75) is 44.4 Å². The molecule has 4 rings (SSSR count). The average Bonchev–Trinajstić information content (AvgIpc) is 2.98. The fourth-order valence-electron chi connectivity index (χ4n) is 4.50. The predicted octanol–water partition coefficient (Wildman–Crippen LogP) is 7.57. The fraction of sp³-hybridized carbons (Fsp3) is 0.320. The minimum absolute atomic E-state index is 0.0102. The van der Waals surface area contributed by atoms with Gasteiger partial charge >= 0.3 is 5.97 Å². The molecule has 1 aliphatic heterocycles. The highest BCUT2D eigenvalue weighted by Crippen LogP contribution is 2.51. The van der Waals surface area contributed by atoms with Crippen LogP contribution in [0.2, 0.25) is 10.0 Å². The summed E-state index contributed by atoms with van der Waals surface area (Å²) >= 11 is 12.1. The lowest BCUT2D eigenvalue weighted by atomic mass is 9.66. The molecule has 150 valence electrons. The first-order valence-electron chi connectivity index (χ1n) is 10.2. The number of rotatable bonds is 3. The Hall–Kier alpha value is -2.03. The van der Waals surface area contributed by atoms with E-state index in [-0.39, 0.29) is 11.9 Å². The molecule has 1 atom stereocenters. The third kappa shape index (κ3) is 4.44. The summed E-state index contributed by atoms with van der Waals surface area (Å²) in [6, 6.07) is 15.4. The zero-order chi connectivity index (χ0) is 20.3. The summed E-state index contributed by atoms with van der Waals surface area (Å²) in [6.07, 6.45) is 12.1. The number of esters is 1. The molecule has 29 heavy (non-hydrogen) atoms. The van der Waals surface area contributed by atoms with E-state index in [0.29, 0.717) is 15.8 Å². The summed E-state index contributed by atoms with van der Waals surface area (Å²) < 4.78 is 5.84. The van der Waals surface area contributed by atoms with Gasteiger partial charge in [0.2, 0.25) is 0 Å². The summed E-state index contributed by atoms with van der Waals surface area (Å²) in [6.45, 7) is 0. The van der Waals surface area contributed by atoms with Crippen LogP contribution in [0.5, 0.6) is 0 Å². The molecule has 0 aromatic heterocycles. The second kappa shape index (κ2) is 8.77. The van der Waals surface area contributed by atoms with Crippen molar-refractivity contribution >= 4 is 35.2 Å². The van der Waals surface area contributed by atoms with E-state index < -0.39 is 5.41 Å². The Labute approximate surface area is 182 Å². The molecular weight excluding hydrogens is 403 g/mol. The number of halogens is 2. The molecule has 2 nitrogen and oxygen atoms in total. The van der Waals surface area contributed by atoms with E-state index >= 15 is 0 Å². The van der Waals surface area contributed by atoms with Gasteiger partial charge in [-0.15, -0.1) is 0 Å². The van der Waals surface area contributed by atoms with Gasteiger partial charge in [0, 0.05) is 16.0 Å². The smallest absolute Gasteiger partial charge is 0.318 e. The number of carbonyl (C=O) groups excluding carboxylic acids is 1. The second-order valence-corrected chi connectivity index (χ2v) is 8.82. The summed E-state index contributed by atoms with van der Waals surface area (Å²) in [5.74, 6) is 0.487. The molecule has 1 fully saturated rings. The lowest BCUT2D eigenvalue weighted by Crippen LogP contribution is -2.40. The van der Waals surface area contributed by atoms with Crippen molar-refractivity contribution in [2.24, 2.45) is 5.41 Å². The van der Waals surface area contributed by atoms with Crippen molar-refractivity contribution in [3.05, 3.63) is 87.6 Å². The first-order valence-corrected chi connectivity index (χ1v) is 11.0. The number of allylic oxidation sites excluding steroid dienone is 2. The molecular formula is C25H24Cl2O2. The molecule has 1 aliphatic carbocycles. The molecule has 2 aromatic carbocycles. The maximum atomic E-state index is 13.3. The van der Waals surface area contributed by atoms with Crippen LogP contribution >= 0.6 is 23.2 Å². The molecule has 1 heterocycles. The molecule has 2 aliphatic rings.